The lowest BCUT2D eigenvalue weighted by Gasteiger charge is -2.21. The van der Waals surface area contributed by atoms with Crippen molar-refractivity contribution in [3.8, 4) is 11.3 Å². The van der Waals surface area contributed by atoms with Crippen LogP contribution in [0.2, 0.25) is 0 Å². The number of carboxylic acids is 1. The van der Waals surface area contributed by atoms with E-state index < -0.39 is 70.0 Å². The molecule has 0 amide bonds. The van der Waals surface area contributed by atoms with Gasteiger partial charge < -0.3 is 9.84 Å². The number of halogens is 3. The van der Waals surface area contributed by atoms with Crippen molar-refractivity contribution < 1.29 is 38.1 Å². The van der Waals surface area contributed by atoms with Gasteiger partial charge in [0, 0.05) is 23.3 Å². The average molecular weight is 423 g/mol. The second-order valence-electron chi connectivity index (χ2n) is 7.39. The average Bonchev–Trinajstić information content (AvgIpc) is 3.03. The Hall–Kier alpha value is -3.29. The highest BCUT2D eigenvalue weighted by Gasteiger charge is 2.29. The van der Waals surface area contributed by atoms with Crippen molar-refractivity contribution in [1.29, 1.82) is 0 Å². The maximum Gasteiger partial charge on any atom is 0.419 e. The minimum Gasteiger partial charge on any atom is -0.481 e. The van der Waals surface area contributed by atoms with E-state index in [1.54, 1.807) is 0 Å². The minimum atomic E-state index is -3.60. The van der Waals surface area contributed by atoms with E-state index in [9.17, 15) is 23.5 Å². The lowest BCUT2D eigenvalue weighted by atomic mass is 10.0. The van der Waals surface area contributed by atoms with Crippen LogP contribution in [0, 0.1) is 17.5 Å². The van der Waals surface area contributed by atoms with Crippen molar-refractivity contribution in [2.45, 2.75) is 39.1 Å². The molecule has 0 aliphatic carbocycles. The number of carbonyl (C=O) groups is 2. The number of hydrogen-bond acceptors (Lipinski definition) is 3. The number of ether oxygens (including phenoxy) is 1. The summed E-state index contributed by atoms with van der Waals surface area (Å²) in [6.07, 6.45) is -8.24. The van der Waals surface area contributed by atoms with Gasteiger partial charge in [-0.15, -0.1) is 0 Å². The highest BCUT2D eigenvalue weighted by Crippen LogP contribution is 2.37. The van der Waals surface area contributed by atoms with Crippen LogP contribution in [0.4, 0.5) is 18.0 Å². The summed E-state index contributed by atoms with van der Waals surface area (Å²) < 4.78 is 81.4. The van der Waals surface area contributed by atoms with Crippen LogP contribution in [0.15, 0.2) is 36.4 Å². The van der Waals surface area contributed by atoms with Gasteiger partial charge in [0.15, 0.2) is 5.82 Å². The number of rotatable bonds is 4. The van der Waals surface area contributed by atoms with E-state index in [-0.39, 0.29) is 5.56 Å². The largest absolute Gasteiger partial charge is 0.481 e. The molecule has 0 fully saturated rings. The van der Waals surface area contributed by atoms with Crippen LogP contribution in [-0.4, -0.2) is 27.3 Å². The molecule has 5 nitrogen and oxygen atoms in total. The Labute approximate surface area is 176 Å². The third-order valence-corrected chi connectivity index (χ3v) is 3.97. The first-order valence-electron chi connectivity index (χ1n) is 10.8. The van der Waals surface area contributed by atoms with Crippen LogP contribution in [0.25, 0.3) is 22.2 Å². The summed E-state index contributed by atoms with van der Waals surface area (Å²) in [7, 11) is 0. The lowest BCUT2D eigenvalue weighted by Crippen LogP contribution is -2.27. The number of benzene rings is 2. The van der Waals surface area contributed by atoms with Crippen LogP contribution in [0.1, 0.15) is 38.2 Å². The zero-order valence-electron chi connectivity index (χ0n) is 20.2. The van der Waals surface area contributed by atoms with Crippen molar-refractivity contribution in [1.82, 2.24) is 4.57 Å². The second-order valence-corrected chi connectivity index (χ2v) is 7.39. The number of nitrogens with zero attached hydrogens (tertiary/aromatic N) is 1. The molecule has 1 heterocycles. The first-order chi connectivity index (χ1) is 15.5. The molecule has 0 bridgehead atoms. The quantitative estimate of drug-likeness (QED) is 0.599. The number of carbonyl (C=O) groups excluding carboxylic acids is 1. The Morgan fingerprint density at radius 1 is 1.10 bits per heavy atom. The predicted octanol–water partition coefficient (Wildman–Crippen LogP) is 5.53. The highest BCUT2D eigenvalue weighted by molar-refractivity contribution is 6.00. The molecule has 0 spiro atoms. The minimum absolute atomic E-state index is 0.0941. The number of aromatic nitrogens is 1. The van der Waals surface area contributed by atoms with Gasteiger partial charge in [-0.1, -0.05) is 0 Å². The molecule has 2 aromatic carbocycles. The SMILES string of the molecule is [2H]C([2H])(C(=O)O)C([2H])([2H])c1c(-c2ccc(F)cc2)n(C(=O)OC(C)(C)C)c2c(F)cc(F)cc12. The van der Waals surface area contributed by atoms with Crippen molar-refractivity contribution in [3.63, 3.8) is 0 Å². The van der Waals surface area contributed by atoms with Crippen molar-refractivity contribution in [2.24, 2.45) is 0 Å². The van der Waals surface area contributed by atoms with E-state index in [1.165, 1.54) is 20.8 Å². The smallest absolute Gasteiger partial charge is 0.419 e. The fourth-order valence-corrected chi connectivity index (χ4v) is 2.95. The number of carboxylic acid groups (broad SMARTS) is 1. The van der Waals surface area contributed by atoms with E-state index in [0.29, 0.717) is 16.7 Å². The standard InChI is InChI=1S/C22H20F3NO4/c1-22(2,3)30-21(29)26-19(12-4-6-13(23)7-5-12)15(8-9-18(27)28)16-10-14(24)11-17(25)20(16)26/h4-7,10-11H,8-9H2,1-3H3,(H,27,28)/i8D2,9D2. The van der Waals surface area contributed by atoms with Crippen LogP contribution >= 0.6 is 0 Å². The van der Waals surface area contributed by atoms with Gasteiger partial charge in [0.05, 0.1) is 11.2 Å². The summed E-state index contributed by atoms with van der Waals surface area (Å²) in [5, 5.41) is 8.79. The van der Waals surface area contributed by atoms with E-state index >= 15 is 4.39 Å². The summed E-state index contributed by atoms with van der Waals surface area (Å²) in [5.41, 5.74) is -3.19. The third kappa shape index (κ3) is 4.32. The highest BCUT2D eigenvalue weighted by atomic mass is 19.1. The van der Waals surface area contributed by atoms with Gasteiger partial charge in [0.2, 0.25) is 0 Å². The van der Waals surface area contributed by atoms with Crippen LogP contribution in [-0.2, 0) is 15.9 Å². The van der Waals surface area contributed by atoms with E-state index in [4.69, 9.17) is 10.2 Å². The molecular weight excluding hydrogens is 399 g/mol. The van der Waals surface area contributed by atoms with Gasteiger partial charge in [-0.3, -0.25) is 4.79 Å². The van der Waals surface area contributed by atoms with Crippen LogP contribution in [0.3, 0.4) is 0 Å². The Morgan fingerprint density at radius 3 is 2.30 bits per heavy atom. The van der Waals surface area contributed by atoms with Crippen molar-refractivity contribution >= 4 is 23.0 Å². The molecule has 8 heteroatoms. The summed E-state index contributed by atoms with van der Waals surface area (Å²) >= 11 is 0. The first kappa shape index (κ1) is 16.5. The van der Waals surface area contributed by atoms with Crippen LogP contribution in [0.5, 0.6) is 0 Å². The Balaban J connectivity index is 2.59. The monoisotopic (exact) mass is 423 g/mol. The van der Waals surface area contributed by atoms with E-state index in [2.05, 4.69) is 0 Å². The lowest BCUT2D eigenvalue weighted by molar-refractivity contribution is -0.136. The van der Waals surface area contributed by atoms with Crippen molar-refractivity contribution in [2.75, 3.05) is 0 Å². The topological polar surface area (TPSA) is 68.5 Å². The van der Waals surface area contributed by atoms with Gasteiger partial charge in [-0.25, -0.2) is 22.5 Å². The maximum atomic E-state index is 15.1. The summed E-state index contributed by atoms with van der Waals surface area (Å²) in [5.74, 6) is -5.36. The fourth-order valence-electron chi connectivity index (χ4n) is 2.95. The van der Waals surface area contributed by atoms with Gasteiger partial charge >= 0.3 is 12.1 Å². The third-order valence-electron chi connectivity index (χ3n) is 3.97. The molecule has 1 N–H and O–H groups in total. The Kier molecular flexibility index (Phi) is 4.32. The fraction of sp³-hybridized carbons (Fsp3) is 0.273. The number of aliphatic carboxylic acids is 1. The van der Waals surface area contributed by atoms with E-state index in [0.717, 1.165) is 24.3 Å². The number of fused-ring (bicyclic) bond motifs is 1. The van der Waals surface area contributed by atoms with Crippen molar-refractivity contribution in [3.05, 3.63) is 59.4 Å². The molecular formula is C22H20F3NO4. The Bertz CT molecular complexity index is 1300. The second kappa shape index (κ2) is 7.85. The van der Waals surface area contributed by atoms with Gasteiger partial charge in [-0.05, 0) is 68.6 Å². The molecule has 3 rings (SSSR count). The molecule has 3 aromatic rings. The molecule has 0 unspecified atom stereocenters. The normalized spacial score (nSPS) is 14.6. The molecule has 0 aliphatic rings. The molecule has 1 aromatic heterocycles. The maximum absolute atomic E-state index is 15.1. The predicted molar refractivity (Wildman–Crippen MR) is 105 cm³/mol. The molecule has 0 aliphatic heterocycles. The molecule has 30 heavy (non-hydrogen) atoms. The van der Waals surface area contributed by atoms with Gasteiger partial charge in [0.1, 0.15) is 17.2 Å². The molecule has 0 radical (unpaired) electrons. The molecule has 0 atom stereocenters. The molecule has 0 saturated carbocycles. The number of hydrogen-bond donors (Lipinski definition) is 1. The van der Waals surface area contributed by atoms with E-state index in [1.807, 2.05) is 0 Å². The summed E-state index contributed by atoms with van der Waals surface area (Å²) in [4.78, 5) is 24.8. The number of aryl methyl sites for hydroxylation is 1. The van der Waals surface area contributed by atoms with Crippen LogP contribution < -0.4 is 0 Å². The van der Waals surface area contributed by atoms with Gasteiger partial charge in [-0.2, -0.15) is 0 Å². The Morgan fingerprint density at radius 2 is 1.73 bits per heavy atom. The summed E-state index contributed by atoms with van der Waals surface area (Å²) in [6, 6.07) is 5.21. The molecule has 0 saturated heterocycles. The zero-order valence-corrected chi connectivity index (χ0v) is 16.2. The van der Waals surface area contributed by atoms with Gasteiger partial charge in [0.25, 0.3) is 0 Å². The first-order valence-corrected chi connectivity index (χ1v) is 8.75. The zero-order chi connectivity index (χ0) is 25.8. The summed E-state index contributed by atoms with van der Waals surface area (Å²) in [6.45, 7) is 4.52. The molecule has 158 valence electrons.